The van der Waals surface area contributed by atoms with E-state index in [1.54, 1.807) is 0 Å². The fraction of sp³-hybridized carbons (Fsp3) is 0.810. The number of nitriles is 1. The molecule has 2 saturated carbocycles. The first-order chi connectivity index (χ1) is 11.8. The largest absolute Gasteiger partial charge is 0.466 e. The summed E-state index contributed by atoms with van der Waals surface area (Å²) in [5, 5.41) is 9.02. The Balaban J connectivity index is 1.89. The molecule has 2 aliphatic carbocycles. The van der Waals surface area contributed by atoms with Crippen LogP contribution >= 0.6 is 0 Å². The minimum atomic E-state index is -0.381. The molecule has 1 saturated heterocycles. The number of methoxy groups -OCH3 is 1. The van der Waals surface area contributed by atoms with Gasteiger partial charge in [0.15, 0.2) is 0 Å². The molecule has 4 atom stereocenters. The zero-order valence-corrected chi connectivity index (χ0v) is 16.1. The van der Waals surface area contributed by atoms with Crippen LogP contribution in [0.5, 0.6) is 0 Å². The standard InChI is InChI=1S/C21H31NO3/c1-19(2)10-5-11-20(3)16(19)8-12-21(14-25-21)17(20)7-6-15(9-13-22)18(23)24-4/h6,16-17H,5,7-12,14H2,1-4H3/t16?,17-,20+,21+/m1/s1. The molecule has 0 aromatic carbocycles. The van der Waals surface area contributed by atoms with Gasteiger partial charge in [-0.2, -0.15) is 5.26 Å². The van der Waals surface area contributed by atoms with E-state index in [1.165, 1.54) is 32.8 Å². The quantitative estimate of drug-likeness (QED) is 0.430. The van der Waals surface area contributed by atoms with Gasteiger partial charge in [-0.05, 0) is 54.8 Å². The van der Waals surface area contributed by atoms with Gasteiger partial charge in [0.1, 0.15) is 0 Å². The van der Waals surface area contributed by atoms with E-state index in [0.29, 0.717) is 22.8 Å². The molecule has 4 heteroatoms. The van der Waals surface area contributed by atoms with Crippen molar-refractivity contribution in [1.82, 2.24) is 0 Å². The Labute approximate surface area is 151 Å². The van der Waals surface area contributed by atoms with Crippen molar-refractivity contribution in [2.24, 2.45) is 22.7 Å². The van der Waals surface area contributed by atoms with E-state index in [0.717, 1.165) is 19.4 Å². The van der Waals surface area contributed by atoms with Crippen LogP contribution in [0.15, 0.2) is 11.6 Å². The highest BCUT2D eigenvalue weighted by Gasteiger charge is 2.64. The maximum Gasteiger partial charge on any atom is 0.334 e. The topological polar surface area (TPSA) is 62.6 Å². The van der Waals surface area contributed by atoms with Gasteiger partial charge in [0, 0.05) is 5.57 Å². The number of esters is 1. The second-order valence-corrected chi connectivity index (χ2v) is 9.14. The number of hydrogen-bond donors (Lipinski definition) is 0. The minimum Gasteiger partial charge on any atom is -0.466 e. The van der Waals surface area contributed by atoms with Crippen LogP contribution in [0.1, 0.15) is 65.7 Å². The third-order valence-electron chi connectivity index (χ3n) is 7.40. The SMILES string of the molecule is COC(=O)C(=CC[C@H]1[C@]2(CCC3C(C)(C)CCC[C@@]31C)CO2)CC#N. The first-order valence-electron chi connectivity index (χ1n) is 9.57. The van der Waals surface area contributed by atoms with E-state index >= 15 is 0 Å². The first kappa shape index (κ1) is 18.5. The summed E-state index contributed by atoms with van der Waals surface area (Å²) in [5.41, 5.74) is 1.09. The number of ether oxygens (including phenoxy) is 2. The summed E-state index contributed by atoms with van der Waals surface area (Å²) in [6.07, 6.45) is 9.03. The molecule has 0 N–H and O–H groups in total. The Morgan fingerprint density at radius 3 is 2.64 bits per heavy atom. The summed E-state index contributed by atoms with van der Waals surface area (Å²) in [5.74, 6) is 0.727. The van der Waals surface area contributed by atoms with Crippen LogP contribution in [0.25, 0.3) is 0 Å². The molecule has 1 unspecified atom stereocenters. The molecule has 0 amide bonds. The summed E-state index contributed by atoms with van der Waals surface area (Å²) in [4.78, 5) is 11.9. The highest BCUT2D eigenvalue weighted by Crippen LogP contribution is 2.66. The lowest BCUT2D eigenvalue weighted by atomic mass is 9.46. The van der Waals surface area contributed by atoms with E-state index < -0.39 is 0 Å². The molecule has 3 aliphatic rings. The van der Waals surface area contributed by atoms with Crippen molar-refractivity contribution in [3.63, 3.8) is 0 Å². The van der Waals surface area contributed by atoms with Gasteiger partial charge in [0.2, 0.25) is 0 Å². The van der Waals surface area contributed by atoms with Gasteiger partial charge >= 0.3 is 5.97 Å². The van der Waals surface area contributed by atoms with Crippen molar-refractivity contribution >= 4 is 5.97 Å². The zero-order chi connectivity index (χ0) is 18.3. The van der Waals surface area contributed by atoms with Crippen LogP contribution < -0.4 is 0 Å². The molecular formula is C21H31NO3. The maximum absolute atomic E-state index is 11.9. The fourth-order valence-corrected chi connectivity index (χ4v) is 6.09. The van der Waals surface area contributed by atoms with Gasteiger partial charge < -0.3 is 9.47 Å². The molecule has 138 valence electrons. The Kier molecular flexibility index (Phi) is 4.75. The molecule has 1 heterocycles. The van der Waals surface area contributed by atoms with Crippen molar-refractivity contribution in [3.8, 4) is 6.07 Å². The van der Waals surface area contributed by atoms with E-state index in [1.807, 2.05) is 6.08 Å². The molecule has 3 fully saturated rings. The lowest BCUT2D eigenvalue weighted by molar-refractivity contribution is -0.136. The van der Waals surface area contributed by atoms with Gasteiger partial charge in [-0.3, -0.25) is 0 Å². The van der Waals surface area contributed by atoms with Crippen LogP contribution in [-0.4, -0.2) is 25.3 Å². The third-order valence-corrected chi connectivity index (χ3v) is 7.40. The lowest BCUT2D eigenvalue weighted by Gasteiger charge is -2.59. The molecule has 0 aromatic heterocycles. The second kappa shape index (κ2) is 6.43. The van der Waals surface area contributed by atoms with Crippen LogP contribution in [0.4, 0.5) is 0 Å². The van der Waals surface area contributed by atoms with Crippen molar-refractivity contribution in [3.05, 3.63) is 11.6 Å². The van der Waals surface area contributed by atoms with Crippen molar-refractivity contribution in [1.29, 1.82) is 5.26 Å². The Hall–Kier alpha value is -1.34. The van der Waals surface area contributed by atoms with Gasteiger partial charge in [-0.25, -0.2) is 4.79 Å². The highest BCUT2D eigenvalue weighted by atomic mass is 16.6. The van der Waals surface area contributed by atoms with Crippen LogP contribution in [0, 0.1) is 34.0 Å². The van der Waals surface area contributed by atoms with Crippen LogP contribution in [0.3, 0.4) is 0 Å². The van der Waals surface area contributed by atoms with Crippen molar-refractivity contribution in [2.75, 3.05) is 13.7 Å². The van der Waals surface area contributed by atoms with E-state index in [2.05, 4.69) is 26.8 Å². The van der Waals surface area contributed by atoms with Crippen molar-refractivity contribution < 1.29 is 14.3 Å². The average molecular weight is 345 g/mol. The summed E-state index contributed by atoms with van der Waals surface area (Å²) in [6.45, 7) is 8.13. The molecule has 3 rings (SSSR count). The number of nitrogens with zero attached hydrogens (tertiary/aromatic N) is 1. The highest BCUT2D eigenvalue weighted by molar-refractivity contribution is 5.88. The normalized spacial score (nSPS) is 39.4. The maximum atomic E-state index is 11.9. The zero-order valence-electron chi connectivity index (χ0n) is 16.1. The number of allylic oxidation sites excluding steroid dienone is 1. The Morgan fingerprint density at radius 2 is 2.04 bits per heavy atom. The monoisotopic (exact) mass is 345 g/mol. The number of rotatable bonds is 4. The number of epoxide rings is 1. The molecule has 25 heavy (non-hydrogen) atoms. The molecule has 0 radical (unpaired) electrons. The number of carbonyl (C=O) groups excluding carboxylic acids is 1. The third kappa shape index (κ3) is 3.12. The average Bonchev–Trinajstić information content (AvgIpc) is 3.31. The van der Waals surface area contributed by atoms with E-state index in [4.69, 9.17) is 14.7 Å². The van der Waals surface area contributed by atoms with E-state index in [-0.39, 0.29) is 23.4 Å². The van der Waals surface area contributed by atoms with Gasteiger partial charge in [0.05, 0.1) is 31.8 Å². The van der Waals surface area contributed by atoms with Crippen LogP contribution in [0.2, 0.25) is 0 Å². The number of carbonyl (C=O) groups is 1. The van der Waals surface area contributed by atoms with Gasteiger partial charge in [-0.15, -0.1) is 0 Å². The summed E-state index contributed by atoms with van der Waals surface area (Å²) in [7, 11) is 1.38. The van der Waals surface area contributed by atoms with Gasteiger partial charge in [-0.1, -0.05) is 33.3 Å². The van der Waals surface area contributed by atoms with Crippen LogP contribution in [-0.2, 0) is 14.3 Å². The summed E-state index contributed by atoms with van der Waals surface area (Å²) >= 11 is 0. The molecule has 0 bridgehead atoms. The lowest BCUT2D eigenvalue weighted by Crippen LogP contribution is -2.54. The molecule has 0 aromatic rings. The van der Waals surface area contributed by atoms with Crippen molar-refractivity contribution in [2.45, 2.75) is 71.3 Å². The first-order valence-corrected chi connectivity index (χ1v) is 9.57. The van der Waals surface area contributed by atoms with Gasteiger partial charge in [0.25, 0.3) is 0 Å². The number of hydrogen-bond acceptors (Lipinski definition) is 4. The summed E-state index contributed by atoms with van der Waals surface area (Å²) in [6, 6.07) is 2.09. The summed E-state index contributed by atoms with van der Waals surface area (Å²) < 4.78 is 10.8. The smallest absolute Gasteiger partial charge is 0.334 e. The minimum absolute atomic E-state index is 0.00302. The molecule has 4 nitrogen and oxygen atoms in total. The predicted molar refractivity (Wildman–Crippen MR) is 95.6 cm³/mol. The molecule has 1 aliphatic heterocycles. The predicted octanol–water partition coefficient (Wildman–Crippen LogP) is 4.40. The molecular weight excluding hydrogens is 314 g/mol. The van der Waals surface area contributed by atoms with E-state index in [9.17, 15) is 4.79 Å². The Morgan fingerprint density at radius 1 is 1.32 bits per heavy atom. The Bertz CT molecular complexity index is 611. The fourth-order valence-electron chi connectivity index (χ4n) is 6.09. The molecule has 1 spiro atoms. The second-order valence-electron chi connectivity index (χ2n) is 9.14. The number of fused-ring (bicyclic) bond motifs is 1.